The summed E-state index contributed by atoms with van der Waals surface area (Å²) in [5.74, 6) is 2.28. The van der Waals surface area contributed by atoms with Crippen LogP contribution >= 0.6 is 0 Å². The number of anilines is 2. The number of aromatic nitrogens is 2. The van der Waals surface area contributed by atoms with E-state index in [1.54, 1.807) is 12.1 Å². The standard InChI is InChI=1S/C23H33N5O2/c1-3-4-7-16-30-20-10-8-19(9-11-20)22(29)24-12-13-25-23-26-18(2)17-21(27-23)28-14-5-6-15-28/h8-11,17H,3-7,12-16H2,1-2H3,(H,24,29)(H,25,26,27). The number of hydrogen-bond donors (Lipinski definition) is 2. The van der Waals surface area contributed by atoms with Gasteiger partial charge in [0, 0.05) is 43.5 Å². The summed E-state index contributed by atoms with van der Waals surface area (Å²) in [6, 6.07) is 9.31. The lowest BCUT2D eigenvalue weighted by atomic mass is 10.2. The summed E-state index contributed by atoms with van der Waals surface area (Å²) < 4.78 is 5.69. The fraction of sp³-hybridized carbons (Fsp3) is 0.522. The van der Waals surface area contributed by atoms with Crippen LogP contribution in [-0.2, 0) is 0 Å². The number of aryl methyl sites for hydroxylation is 1. The highest BCUT2D eigenvalue weighted by molar-refractivity contribution is 5.94. The number of hydrogen-bond acceptors (Lipinski definition) is 6. The zero-order chi connectivity index (χ0) is 21.2. The number of nitrogens with zero attached hydrogens (tertiary/aromatic N) is 3. The van der Waals surface area contributed by atoms with E-state index >= 15 is 0 Å². The average molecular weight is 412 g/mol. The molecule has 1 amide bonds. The summed E-state index contributed by atoms with van der Waals surface area (Å²) in [6.45, 7) is 8.01. The molecule has 30 heavy (non-hydrogen) atoms. The lowest BCUT2D eigenvalue weighted by molar-refractivity contribution is 0.0955. The van der Waals surface area contributed by atoms with Crippen LogP contribution in [0.4, 0.5) is 11.8 Å². The van der Waals surface area contributed by atoms with Crippen molar-refractivity contribution in [3.8, 4) is 5.75 Å². The molecule has 0 unspecified atom stereocenters. The quantitative estimate of drug-likeness (QED) is 0.548. The van der Waals surface area contributed by atoms with Crippen molar-refractivity contribution >= 4 is 17.7 Å². The van der Waals surface area contributed by atoms with Gasteiger partial charge < -0.3 is 20.3 Å². The SMILES string of the molecule is CCCCCOc1ccc(C(=O)NCCNc2nc(C)cc(N3CCCC3)n2)cc1. The Bertz CT molecular complexity index is 804. The number of amides is 1. The maximum absolute atomic E-state index is 12.3. The number of carbonyl (C=O) groups is 1. The minimum Gasteiger partial charge on any atom is -0.494 e. The molecule has 1 aliphatic heterocycles. The molecule has 0 spiro atoms. The van der Waals surface area contributed by atoms with Crippen LogP contribution in [0.3, 0.4) is 0 Å². The molecule has 7 nitrogen and oxygen atoms in total. The van der Waals surface area contributed by atoms with Gasteiger partial charge in [-0.05, 0) is 50.5 Å². The van der Waals surface area contributed by atoms with Crippen molar-refractivity contribution in [2.45, 2.75) is 46.0 Å². The van der Waals surface area contributed by atoms with Crippen LogP contribution in [0.2, 0.25) is 0 Å². The van der Waals surface area contributed by atoms with Gasteiger partial charge in [0.2, 0.25) is 5.95 Å². The molecular formula is C23H33N5O2. The van der Waals surface area contributed by atoms with Crippen molar-refractivity contribution in [2.24, 2.45) is 0 Å². The lowest BCUT2D eigenvalue weighted by Gasteiger charge is -2.17. The van der Waals surface area contributed by atoms with Crippen LogP contribution in [0.25, 0.3) is 0 Å². The molecule has 0 atom stereocenters. The fourth-order valence-corrected chi connectivity index (χ4v) is 3.44. The van der Waals surface area contributed by atoms with Gasteiger partial charge in [-0.3, -0.25) is 4.79 Å². The maximum atomic E-state index is 12.3. The highest BCUT2D eigenvalue weighted by Gasteiger charge is 2.15. The van der Waals surface area contributed by atoms with E-state index in [1.807, 2.05) is 25.1 Å². The Kier molecular flexibility index (Phi) is 8.30. The molecule has 162 valence electrons. The van der Waals surface area contributed by atoms with Crippen LogP contribution in [0.15, 0.2) is 30.3 Å². The van der Waals surface area contributed by atoms with Crippen molar-refractivity contribution in [2.75, 3.05) is 43.0 Å². The van der Waals surface area contributed by atoms with Crippen LogP contribution in [0.5, 0.6) is 5.75 Å². The van der Waals surface area contributed by atoms with Crippen molar-refractivity contribution < 1.29 is 9.53 Å². The Morgan fingerprint density at radius 2 is 1.87 bits per heavy atom. The van der Waals surface area contributed by atoms with Gasteiger partial charge in [-0.15, -0.1) is 0 Å². The molecule has 1 aliphatic rings. The average Bonchev–Trinajstić information content (AvgIpc) is 3.29. The third-order valence-corrected chi connectivity index (χ3v) is 5.10. The number of nitrogens with one attached hydrogen (secondary N) is 2. The first-order valence-corrected chi connectivity index (χ1v) is 11.0. The van der Waals surface area contributed by atoms with Crippen molar-refractivity contribution in [3.63, 3.8) is 0 Å². The van der Waals surface area contributed by atoms with Crippen LogP contribution in [-0.4, -0.2) is 48.7 Å². The molecule has 0 radical (unpaired) electrons. The van der Waals surface area contributed by atoms with E-state index < -0.39 is 0 Å². The minimum atomic E-state index is -0.0998. The number of unbranched alkanes of at least 4 members (excludes halogenated alkanes) is 2. The molecule has 2 N–H and O–H groups in total. The van der Waals surface area contributed by atoms with E-state index in [9.17, 15) is 4.79 Å². The zero-order valence-corrected chi connectivity index (χ0v) is 18.1. The molecule has 2 aromatic rings. The number of rotatable bonds is 11. The monoisotopic (exact) mass is 411 g/mol. The summed E-state index contributed by atoms with van der Waals surface area (Å²) in [5.41, 5.74) is 1.56. The first-order chi connectivity index (χ1) is 14.7. The van der Waals surface area contributed by atoms with Crippen LogP contribution in [0, 0.1) is 6.92 Å². The molecular weight excluding hydrogens is 378 g/mol. The molecule has 0 saturated carbocycles. The Morgan fingerprint density at radius 1 is 1.10 bits per heavy atom. The second kappa shape index (κ2) is 11.4. The lowest BCUT2D eigenvalue weighted by Crippen LogP contribution is -2.29. The second-order valence-corrected chi connectivity index (χ2v) is 7.65. The third-order valence-electron chi connectivity index (χ3n) is 5.10. The fourth-order valence-electron chi connectivity index (χ4n) is 3.44. The first kappa shape index (κ1) is 21.9. The zero-order valence-electron chi connectivity index (χ0n) is 18.1. The van der Waals surface area contributed by atoms with Gasteiger partial charge in [-0.1, -0.05) is 19.8 Å². The smallest absolute Gasteiger partial charge is 0.251 e. The summed E-state index contributed by atoms with van der Waals surface area (Å²) in [7, 11) is 0. The van der Waals surface area contributed by atoms with E-state index in [0.29, 0.717) is 31.2 Å². The second-order valence-electron chi connectivity index (χ2n) is 7.65. The molecule has 1 aromatic carbocycles. The Morgan fingerprint density at radius 3 is 2.60 bits per heavy atom. The predicted octanol–water partition coefficient (Wildman–Crippen LogP) is 3.80. The van der Waals surface area contributed by atoms with Crippen molar-refractivity contribution in [1.82, 2.24) is 15.3 Å². The van der Waals surface area contributed by atoms with E-state index in [1.165, 1.54) is 25.7 Å². The molecule has 0 aliphatic carbocycles. The van der Waals surface area contributed by atoms with Crippen LogP contribution in [0.1, 0.15) is 55.1 Å². The number of ether oxygens (including phenoxy) is 1. The van der Waals surface area contributed by atoms with Crippen molar-refractivity contribution in [1.29, 1.82) is 0 Å². The summed E-state index contributed by atoms with van der Waals surface area (Å²) in [5, 5.41) is 6.14. The normalized spacial score (nSPS) is 13.3. The summed E-state index contributed by atoms with van der Waals surface area (Å²) in [4.78, 5) is 23.7. The van der Waals surface area contributed by atoms with Gasteiger partial charge in [0.25, 0.3) is 5.91 Å². The molecule has 0 bridgehead atoms. The minimum absolute atomic E-state index is 0.0998. The molecule has 7 heteroatoms. The Hall–Kier alpha value is -2.83. The van der Waals surface area contributed by atoms with Gasteiger partial charge in [0.05, 0.1) is 6.61 Å². The van der Waals surface area contributed by atoms with Gasteiger partial charge in [0.1, 0.15) is 11.6 Å². The van der Waals surface area contributed by atoms with E-state index in [-0.39, 0.29) is 5.91 Å². The largest absolute Gasteiger partial charge is 0.494 e. The highest BCUT2D eigenvalue weighted by atomic mass is 16.5. The predicted molar refractivity (Wildman–Crippen MR) is 121 cm³/mol. The molecule has 3 rings (SSSR count). The Labute approximate surface area is 179 Å². The highest BCUT2D eigenvalue weighted by Crippen LogP contribution is 2.19. The van der Waals surface area contributed by atoms with E-state index in [4.69, 9.17) is 4.74 Å². The van der Waals surface area contributed by atoms with Gasteiger partial charge >= 0.3 is 0 Å². The maximum Gasteiger partial charge on any atom is 0.251 e. The first-order valence-electron chi connectivity index (χ1n) is 11.0. The molecule has 1 aromatic heterocycles. The van der Waals surface area contributed by atoms with Gasteiger partial charge in [0.15, 0.2) is 0 Å². The summed E-state index contributed by atoms with van der Waals surface area (Å²) in [6.07, 6.45) is 5.82. The van der Waals surface area contributed by atoms with Crippen LogP contribution < -0.4 is 20.3 Å². The molecule has 2 heterocycles. The third kappa shape index (κ3) is 6.61. The number of benzene rings is 1. The van der Waals surface area contributed by atoms with E-state index in [0.717, 1.165) is 36.8 Å². The van der Waals surface area contributed by atoms with Gasteiger partial charge in [-0.25, -0.2) is 4.98 Å². The topological polar surface area (TPSA) is 79.4 Å². The number of carbonyl (C=O) groups excluding carboxylic acids is 1. The Balaban J connectivity index is 1.41. The summed E-state index contributed by atoms with van der Waals surface area (Å²) >= 11 is 0. The molecule has 1 saturated heterocycles. The molecule has 1 fully saturated rings. The van der Waals surface area contributed by atoms with Crippen molar-refractivity contribution in [3.05, 3.63) is 41.6 Å². The van der Waals surface area contributed by atoms with Gasteiger partial charge in [-0.2, -0.15) is 4.98 Å². The van der Waals surface area contributed by atoms with E-state index in [2.05, 4.69) is 32.4 Å².